The molecule has 1 aromatic heterocycles. The third-order valence-electron chi connectivity index (χ3n) is 4.72. The van der Waals surface area contributed by atoms with Crippen LogP contribution in [0.25, 0.3) is 0 Å². The Morgan fingerprint density at radius 1 is 1.32 bits per heavy atom. The van der Waals surface area contributed by atoms with E-state index in [1.165, 1.54) is 18.5 Å². The summed E-state index contributed by atoms with van der Waals surface area (Å²) in [4.78, 5) is 3.78. The van der Waals surface area contributed by atoms with E-state index in [0.717, 1.165) is 12.8 Å². The van der Waals surface area contributed by atoms with Gasteiger partial charge in [0.2, 0.25) is 0 Å². The average Bonchev–Trinajstić information content (AvgIpc) is 2.77. The minimum absolute atomic E-state index is 0.0182. The van der Waals surface area contributed by atoms with E-state index in [1.54, 1.807) is 0 Å². The standard InChI is InChI=1S/C15H15ClF3N3/c16-10-3-9(6-21-7-10)13(15(17,18)19)14(8-20)4-11-1-2-12(5-14)22-11/h3,6-7,11-13,22H,1-2,4-5H2. The second-order valence-electron chi connectivity index (χ2n) is 6.23. The fourth-order valence-corrected chi connectivity index (χ4v) is 4.17. The van der Waals surface area contributed by atoms with Crippen molar-refractivity contribution in [3.05, 3.63) is 29.0 Å². The highest BCUT2D eigenvalue weighted by atomic mass is 35.5. The molecule has 2 bridgehead atoms. The summed E-state index contributed by atoms with van der Waals surface area (Å²) in [6.45, 7) is 0. The monoisotopic (exact) mass is 329 g/mol. The van der Waals surface area contributed by atoms with E-state index in [0.29, 0.717) is 0 Å². The lowest BCUT2D eigenvalue weighted by Gasteiger charge is -2.42. The third-order valence-corrected chi connectivity index (χ3v) is 4.92. The molecule has 1 N–H and O–H groups in total. The van der Waals surface area contributed by atoms with E-state index in [4.69, 9.17) is 11.6 Å². The zero-order chi connectivity index (χ0) is 16.0. The Labute approximate surface area is 131 Å². The molecule has 2 aliphatic heterocycles. The minimum Gasteiger partial charge on any atom is -0.311 e. The molecule has 3 nitrogen and oxygen atoms in total. The van der Waals surface area contributed by atoms with Gasteiger partial charge in [-0.15, -0.1) is 0 Å². The third kappa shape index (κ3) is 2.68. The SMILES string of the molecule is N#CC1(C(c2cncc(Cl)c2)C(F)(F)F)CC2CCC(C1)N2. The van der Waals surface area contributed by atoms with Crippen molar-refractivity contribution in [2.45, 2.75) is 49.9 Å². The number of alkyl halides is 3. The summed E-state index contributed by atoms with van der Waals surface area (Å²) in [6.07, 6.45) is 0.0158. The number of nitrogens with zero attached hydrogens (tertiary/aromatic N) is 2. The quantitative estimate of drug-likeness (QED) is 0.897. The highest BCUT2D eigenvalue weighted by Crippen LogP contribution is 2.55. The van der Waals surface area contributed by atoms with Crippen molar-refractivity contribution in [2.75, 3.05) is 0 Å². The Kier molecular flexibility index (Phi) is 3.82. The molecule has 0 radical (unpaired) electrons. The number of pyridine rings is 1. The van der Waals surface area contributed by atoms with Crippen LogP contribution >= 0.6 is 11.6 Å². The van der Waals surface area contributed by atoms with Crippen molar-refractivity contribution in [3.63, 3.8) is 0 Å². The molecular weight excluding hydrogens is 315 g/mol. The molecule has 3 unspecified atom stereocenters. The fourth-order valence-electron chi connectivity index (χ4n) is 3.99. The van der Waals surface area contributed by atoms with Gasteiger partial charge in [0.1, 0.15) is 5.92 Å². The topological polar surface area (TPSA) is 48.7 Å². The normalized spacial score (nSPS) is 32.5. The Hall–Kier alpha value is -1.32. The smallest absolute Gasteiger partial charge is 0.311 e. The maximum Gasteiger partial charge on any atom is 0.397 e. The van der Waals surface area contributed by atoms with Crippen LogP contribution in [-0.2, 0) is 0 Å². The molecule has 118 valence electrons. The van der Waals surface area contributed by atoms with Gasteiger partial charge < -0.3 is 5.32 Å². The number of hydrogen-bond donors (Lipinski definition) is 1. The predicted octanol–water partition coefficient (Wildman–Crippen LogP) is 3.81. The lowest BCUT2D eigenvalue weighted by molar-refractivity contribution is -0.175. The van der Waals surface area contributed by atoms with Crippen LogP contribution in [0.5, 0.6) is 0 Å². The van der Waals surface area contributed by atoms with Gasteiger partial charge in [-0.05, 0) is 37.3 Å². The van der Waals surface area contributed by atoms with Crippen molar-refractivity contribution < 1.29 is 13.2 Å². The molecule has 3 atom stereocenters. The van der Waals surface area contributed by atoms with Gasteiger partial charge in [-0.3, -0.25) is 4.98 Å². The minimum atomic E-state index is -4.52. The maximum absolute atomic E-state index is 13.8. The Balaban J connectivity index is 2.07. The molecule has 2 aliphatic rings. The van der Waals surface area contributed by atoms with Gasteiger partial charge in [-0.25, -0.2) is 0 Å². The van der Waals surface area contributed by atoms with Gasteiger partial charge in [0.05, 0.1) is 16.5 Å². The van der Waals surface area contributed by atoms with E-state index in [9.17, 15) is 18.4 Å². The zero-order valence-corrected chi connectivity index (χ0v) is 12.5. The van der Waals surface area contributed by atoms with Gasteiger partial charge in [-0.1, -0.05) is 11.6 Å². The first-order chi connectivity index (χ1) is 10.3. The molecule has 1 aromatic rings. The lowest BCUT2D eigenvalue weighted by Crippen LogP contribution is -2.49. The molecule has 3 rings (SSSR count). The van der Waals surface area contributed by atoms with Crippen LogP contribution in [0.1, 0.15) is 37.2 Å². The molecule has 3 heterocycles. The van der Waals surface area contributed by atoms with Crippen LogP contribution in [0.15, 0.2) is 18.5 Å². The summed E-state index contributed by atoms with van der Waals surface area (Å²) in [6, 6.07) is 3.25. The number of rotatable bonds is 2. The van der Waals surface area contributed by atoms with Crippen molar-refractivity contribution >= 4 is 11.6 Å². The first-order valence-electron chi connectivity index (χ1n) is 7.18. The van der Waals surface area contributed by atoms with Gasteiger partial charge >= 0.3 is 6.18 Å². The molecular formula is C15H15ClF3N3. The van der Waals surface area contributed by atoms with Gasteiger partial charge in [-0.2, -0.15) is 18.4 Å². The van der Waals surface area contributed by atoms with Crippen LogP contribution in [0.4, 0.5) is 13.2 Å². The van der Waals surface area contributed by atoms with E-state index in [-0.39, 0.29) is 35.5 Å². The number of hydrogen-bond acceptors (Lipinski definition) is 3. The van der Waals surface area contributed by atoms with Crippen molar-refractivity contribution in [2.24, 2.45) is 5.41 Å². The summed E-state index contributed by atoms with van der Waals surface area (Å²) in [7, 11) is 0. The number of halogens is 4. The first kappa shape index (κ1) is 15.6. The van der Waals surface area contributed by atoms with E-state index < -0.39 is 17.5 Å². The molecule has 2 saturated heterocycles. The maximum atomic E-state index is 13.8. The molecule has 0 saturated carbocycles. The molecule has 0 amide bonds. The highest BCUT2D eigenvalue weighted by molar-refractivity contribution is 6.30. The Morgan fingerprint density at radius 2 is 1.95 bits per heavy atom. The molecule has 0 aliphatic carbocycles. The van der Waals surface area contributed by atoms with E-state index in [2.05, 4.69) is 10.3 Å². The van der Waals surface area contributed by atoms with Crippen molar-refractivity contribution in [1.82, 2.24) is 10.3 Å². The lowest BCUT2D eigenvalue weighted by atomic mass is 9.65. The summed E-state index contributed by atoms with van der Waals surface area (Å²) in [5, 5.41) is 13.1. The highest BCUT2D eigenvalue weighted by Gasteiger charge is 2.58. The molecule has 0 spiro atoms. The molecule has 2 fully saturated rings. The summed E-state index contributed by atoms with van der Waals surface area (Å²) in [5.41, 5.74) is -1.48. The van der Waals surface area contributed by atoms with Crippen LogP contribution in [0.2, 0.25) is 5.02 Å². The van der Waals surface area contributed by atoms with Gasteiger partial charge in [0.15, 0.2) is 0 Å². The van der Waals surface area contributed by atoms with E-state index in [1.807, 2.05) is 6.07 Å². The first-order valence-corrected chi connectivity index (χ1v) is 7.56. The van der Waals surface area contributed by atoms with Crippen LogP contribution in [0.3, 0.4) is 0 Å². The van der Waals surface area contributed by atoms with Gasteiger partial charge in [0, 0.05) is 24.5 Å². The molecule has 0 aromatic carbocycles. The number of nitriles is 1. The molecule has 7 heteroatoms. The molecule has 22 heavy (non-hydrogen) atoms. The Bertz CT molecular complexity index is 599. The second kappa shape index (κ2) is 5.39. The van der Waals surface area contributed by atoms with Crippen molar-refractivity contribution in [1.29, 1.82) is 5.26 Å². The largest absolute Gasteiger partial charge is 0.397 e. The zero-order valence-electron chi connectivity index (χ0n) is 11.7. The van der Waals surface area contributed by atoms with Crippen molar-refractivity contribution in [3.8, 4) is 6.07 Å². The summed E-state index contributed by atoms with van der Waals surface area (Å²) >= 11 is 5.81. The predicted molar refractivity (Wildman–Crippen MR) is 75.3 cm³/mol. The average molecular weight is 330 g/mol. The number of aromatic nitrogens is 1. The van der Waals surface area contributed by atoms with Gasteiger partial charge in [0.25, 0.3) is 0 Å². The summed E-state index contributed by atoms with van der Waals surface area (Å²) in [5.74, 6) is -1.86. The summed E-state index contributed by atoms with van der Waals surface area (Å²) < 4.78 is 41.4. The second-order valence-corrected chi connectivity index (χ2v) is 6.66. The number of nitrogens with one attached hydrogen (secondary N) is 1. The number of fused-ring (bicyclic) bond motifs is 2. The fraction of sp³-hybridized carbons (Fsp3) is 0.600. The van der Waals surface area contributed by atoms with Crippen LogP contribution < -0.4 is 5.32 Å². The van der Waals surface area contributed by atoms with Crippen LogP contribution in [-0.4, -0.2) is 23.2 Å². The number of piperidine rings is 1. The Morgan fingerprint density at radius 3 is 2.45 bits per heavy atom. The van der Waals surface area contributed by atoms with Crippen LogP contribution in [0, 0.1) is 16.7 Å². The van der Waals surface area contributed by atoms with E-state index >= 15 is 0 Å².